The van der Waals surface area contributed by atoms with Crippen LogP contribution < -0.4 is 0 Å². The molecule has 6 fully saturated rings. The first kappa shape index (κ1) is 42.1. The Morgan fingerprint density at radius 1 is 0.878 bits per heavy atom. The van der Waals surface area contributed by atoms with Gasteiger partial charge in [-0.2, -0.15) is 0 Å². The van der Waals surface area contributed by atoms with Crippen LogP contribution in [0.5, 0.6) is 0 Å². The summed E-state index contributed by atoms with van der Waals surface area (Å²) in [4.78, 5) is 12.7. The van der Waals surface area contributed by atoms with Gasteiger partial charge in [-0.05, 0) is 116 Å². The second-order valence-electron chi connectivity index (χ2n) is 17.5. The van der Waals surface area contributed by atoms with Crippen molar-refractivity contribution in [3.05, 3.63) is 12.7 Å². The summed E-state index contributed by atoms with van der Waals surface area (Å²) < 4.78 is 24.6. The molecule has 7 nitrogen and oxygen atoms in total. The number of halogens is 2. The monoisotopic (exact) mass is 914 g/mol. The third kappa shape index (κ3) is 8.07. The van der Waals surface area contributed by atoms with Crippen molar-refractivity contribution >= 4 is 51.3 Å². The van der Waals surface area contributed by atoms with Gasteiger partial charge in [0.1, 0.15) is 13.2 Å². The first-order chi connectivity index (χ1) is 23.2. The molecule has 1 saturated heterocycles. The molecule has 6 aliphatic rings. The van der Waals surface area contributed by atoms with Crippen molar-refractivity contribution in [1.82, 2.24) is 0 Å². The molecule has 1 aliphatic heterocycles. The quantitative estimate of drug-likeness (QED) is 0.0864. The Labute approximate surface area is 325 Å². The van der Waals surface area contributed by atoms with E-state index in [2.05, 4.69) is 86.4 Å². The Kier molecular flexibility index (Phi) is 14.8. The van der Waals surface area contributed by atoms with Gasteiger partial charge in [-0.1, -0.05) is 92.3 Å². The van der Waals surface area contributed by atoms with E-state index in [9.17, 15) is 9.90 Å². The molecular weight excluding hydrogens is 846 g/mol. The fourth-order valence-corrected chi connectivity index (χ4v) is 13.9. The SMILES string of the molecule is C=CC.CC1(C)C(I)CCC2(C)C1CCC1(C)C2CCC2C3CCCC3(COC(=O)OCCOC3CC(O)CC(CI)O3)CC[C@]21C.CO. The lowest BCUT2D eigenvalue weighted by molar-refractivity contribution is -0.235. The van der Waals surface area contributed by atoms with E-state index in [0.717, 1.165) is 33.2 Å². The molecule has 1 heterocycles. The number of hydrogen-bond donors (Lipinski definition) is 2. The fraction of sp³-hybridized carbons (Fsp3) is 0.925. The number of alkyl halides is 2. The van der Waals surface area contributed by atoms with Gasteiger partial charge in [0.15, 0.2) is 6.29 Å². The summed E-state index contributed by atoms with van der Waals surface area (Å²) in [7, 11) is 1.00. The zero-order valence-electron chi connectivity index (χ0n) is 31.6. The number of carbonyl (C=O) groups is 1. The normalized spacial score (nSPS) is 45.0. The predicted octanol–water partition coefficient (Wildman–Crippen LogP) is 9.92. The number of rotatable bonds is 7. The third-order valence-corrected chi connectivity index (χ3v) is 18.3. The smallest absolute Gasteiger partial charge is 0.434 e. The van der Waals surface area contributed by atoms with Crippen LogP contribution in [-0.2, 0) is 18.9 Å². The predicted molar refractivity (Wildman–Crippen MR) is 213 cm³/mol. The van der Waals surface area contributed by atoms with Crippen LogP contribution in [0.25, 0.3) is 0 Å². The van der Waals surface area contributed by atoms with Crippen LogP contribution in [-0.4, -0.2) is 70.1 Å². The van der Waals surface area contributed by atoms with Gasteiger partial charge < -0.3 is 29.2 Å². The number of fused-ring (bicyclic) bond motifs is 7. The van der Waals surface area contributed by atoms with E-state index in [-0.39, 0.29) is 24.7 Å². The van der Waals surface area contributed by atoms with Crippen LogP contribution in [0.4, 0.5) is 4.79 Å². The molecule has 0 aromatic rings. The van der Waals surface area contributed by atoms with Gasteiger partial charge >= 0.3 is 6.16 Å². The van der Waals surface area contributed by atoms with Crippen molar-refractivity contribution in [2.75, 3.05) is 31.4 Å². The largest absolute Gasteiger partial charge is 0.508 e. The second-order valence-corrected chi connectivity index (χ2v) is 19.9. The highest BCUT2D eigenvalue weighted by molar-refractivity contribution is 14.1. The van der Waals surface area contributed by atoms with Gasteiger partial charge in [-0.3, -0.25) is 0 Å². The van der Waals surface area contributed by atoms with Crippen molar-refractivity contribution in [1.29, 1.82) is 0 Å². The highest BCUT2D eigenvalue weighted by atomic mass is 127. The molecule has 49 heavy (non-hydrogen) atoms. The zero-order valence-corrected chi connectivity index (χ0v) is 35.9. The minimum absolute atomic E-state index is 0.00452. The maximum absolute atomic E-state index is 12.7. The zero-order chi connectivity index (χ0) is 36.3. The van der Waals surface area contributed by atoms with Gasteiger partial charge in [-0.25, -0.2) is 4.79 Å². The Morgan fingerprint density at radius 2 is 1.59 bits per heavy atom. The molecule has 284 valence electrons. The summed E-state index contributed by atoms with van der Waals surface area (Å²) in [6.07, 6.45) is 15.8. The Morgan fingerprint density at radius 3 is 2.29 bits per heavy atom. The lowest BCUT2D eigenvalue weighted by Crippen LogP contribution is -2.66. The summed E-state index contributed by atoms with van der Waals surface area (Å²) in [6, 6.07) is 0. The minimum atomic E-state index is -0.577. The number of ether oxygens (including phenoxy) is 4. The molecule has 0 aromatic carbocycles. The molecule has 0 aromatic heterocycles. The molecule has 5 aliphatic carbocycles. The number of aliphatic hydroxyl groups is 2. The van der Waals surface area contributed by atoms with Crippen LogP contribution in [0, 0.1) is 50.7 Å². The van der Waals surface area contributed by atoms with E-state index in [0.29, 0.717) is 47.0 Å². The second kappa shape index (κ2) is 17.2. The fourth-order valence-electron chi connectivity index (χ4n) is 12.6. The van der Waals surface area contributed by atoms with Crippen molar-refractivity contribution in [2.45, 2.75) is 147 Å². The van der Waals surface area contributed by atoms with Crippen LogP contribution in [0.15, 0.2) is 12.7 Å². The van der Waals surface area contributed by atoms with Crippen molar-refractivity contribution in [3.8, 4) is 0 Å². The first-order valence-electron chi connectivity index (χ1n) is 19.2. The van der Waals surface area contributed by atoms with E-state index in [1.54, 1.807) is 6.08 Å². The van der Waals surface area contributed by atoms with Gasteiger partial charge in [0, 0.05) is 33.7 Å². The van der Waals surface area contributed by atoms with Crippen LogP contribution in [0.2, 0.25) is 0 Å². The van der Waals surface area contributed by atoms with Crippen LogP contribution in [0.3, 0.4) is 0 Å². The van der Waals surface area contributed by atoms with E-state index in [4.69, 9.17) is 24.1 Å². The molecule has 0 bridgehead atoms. The van der Waals surface area contributed by atoms with Gasteiger partial charge in [-0.15, -0.1) is 6.58 Å². The summed E-state index contributed by atoms with van der Waals surface area (Å²) in [5.74, 6) is 3.01. The Bertz CT molecular complexity index is 1100. The molecule has 6 rings (SSSR count). The summed E-state index contributed by atoms with van der Waals surface area (Å²) in [5, 5.41) is 17.1. The number of aliphatic hydroxyl groups excluding tert-OH is 2. The summed E-state index contributed by atoms with van der Waals surface area (Å²) in [6.45, 7) is 19.4. The molecule has 12 atom stereocenters. The van der Waals surface area contributed by atoms with E-state index < -0.39 is 18.5 Å². The average molecular weight is 915 g/mol. The molecular formula is C40H68I2O7. The highest BCUT2D eigenvalue weighted by Crippen LogP contribution is 2.77. The third-order valence-electron chi connectivity index (χ3n) is 15.0. The maximum atomic E-state index is 12.7. The van der Waals surface area contributed by atoms with E-state index >= 15 is 0 Å². The molecule has 0 radical (unpaired) electrons. The molecule has 0 spiro atoms. The lowest BCUT2D eigenvalue weighted by atomic mass is 9.32. The Balaban J connectivity index is 0.00000103. The lowest BCUT2D eigenvalue weighted by Gasteiger charge is -2.72. The van der Waals surface area contributed by atoms with Crippen molar-refractivity contribution in [2.24, 2.45) is 50.7 Å². The average Bonchev–Trinajstić information content (AvgIpc) is 3.50. The number of carbonyl (C=O) groups excluding carboxylic acids is 1. The first-order valence-corrected chi connectivity index (χ1v) is 21.9. The molecule has 0 amide bonds. The van der Waals surface area contributed by atoms with Crippen LogP contribution in [0.1, 0.15) is 125 Å². The summed E-state index contributed by atoms with van der Waals surface area (Å²) in [5.41, 5.74) is 1.72. The number of allylic oxidation sites excluding steroid dienone is 1. The topological polar surface area (TPSA) is 94.5 Å². The number of hydrogen-bond acceptors (Lipinski definition) is 7. The standard InChI is InChI=1S/C36H58I2O6.C3H6.CH4O/c1-32(2)27-10-14-35(5)28(33(27,3)13-11-29(32)38)9-8-25-26-7-6-12-36(26,16-15-34(25,35)4)22-43-31(40)42-18-17-41-30-20-23(39)19-24(21-37)44-30;1-3-2;1-2/h23-30,39H,6-22H2,1-5H3;3H,1H2,2H3;2H,1H3/t23?,24?,25?,26?,27?,28?,29?,30?,33?,34-,35?,36?;;/m1../s1. The highest BCUT2D eigenvalue weighted by Gasteiger charge is 2.69. The Hall–Kier alpha value is 0.310. The molecule has 2 N–H and O–H groups in total. The van der Waals surface area contributed by atoms with Gasteiger partial charge in [0.25, 0.3) is 0 Å². The van der Waals surface area contributed by atoms with E-state index in [1.807, 2.05) is 6.92 Å². The maximum Gasteiger partial charge on any atom is 0.508 e. The van der Waals surface area contributed by atoms with Gasteiger partial charge in [0.2, 0.25) is 0 Å². The molecule has 9 heteroatoms. The summed E-state index contributed by atoms with van der Waals surface area (Å²) >= 11 is 5.03. The molecule has 5 saturated carbocycles. The van der Waals surface area contributed by atoms with Crippen molar-refractivity contribution in [3.63, 3.8) is 0 Å². The minimum Gasteiger partial charge on any atom is -0.434 e. The van der Waals surface area contributed by atoms with Crippen molar-refractivity contribution < 1.29 is 34.0 Å². The van der Waals surface area contributed by atoms with E-state index in [1.165, 1.54) is 70.6 Å². The molecule has 11 unspecified atom stereocenters. The van der Waals surface area contributed by atoms with Gasteiger partial charge in [0.05, 0.1) is 18.8 Å². The van der Waals surface area contributed by atoms with Crippen LogP contribution >= 0.6 is 45.2 Å².